The average Bonchev–Trinajstić information content (AvgIpc) is 2.43. The molecule has 0 N–H and O–H groups in total. The Balaban J connectivity index is 2.46. The molecule has 3 atom stereocenters. The smallest absolute Gasteiger partial charge is 0.207 e. The summed E-state index contributed by atoms with van der Waals surface area (Å²) in [4.78, 5) is 0.397. The molecule has 1 fully saturated rings. The topological polar surface area (TPSA) is 37.4 Å². The van der Waals surface area contributed by atoms with Crippen molar-refractivity contribution in [3.05, 3.63) is 29.3 Å². The number of halogens is 1. The number of benzene rings is 1. The van der Waals surface area contributed by atoms with Crippen LogP contribution in [-0.4, -0.2) is 25.3 Å². The summed E-state index contributed by atoms with van der Waals surface area (Å²) >= 11 is 5.85. The number of hydrogen-bond donors (Lipinski definition) is 0. The third-order valence-corrected chi connectivity index (χ3v) is 6.94. The standard InChI is InChI=1S/C16H24ClNO2S/c1-11-7-13(3)14(4)18(10-11)21(19,20)16-8-15(9-17)6-5-12(16)2/h5-6,8,11,13-14H,7,9-10H2,1-4H3. The number of piperidine rings is 1. The van der Waals surface area contributed by atoms with Crippen molar-refractivity contribution < 1.29 is 8.42 Å². The third kappa shape index (κ3) is 3.27. The molecule has 1 aromatic carbocycles. The van der Waals surface area contributed by atoms with Crippen LogP contribution in [-0.2, 0) is 15.9 Å². The number of sulfonamides is 1. The van der Waals surface area contributed by atoms with Crippen molar-refractivity contribution in [2.45, 2.75) is 50.9 Å². The van der Waals surface area contributed by atoms with Gasteiger partial charge < -0.3 is 0 Å². The molecule has 1 aromatic rings. The minimum Gasteiger partial charge on any atom is -0.207 e. The van der Waals surface area contributed by atoms with Crippen molar-refractivity contribution in [3.63, 3.8) is 0 Å². The molecule has 0 aliphatic carbocycles. The fraction of sp³-hybridized carbons (Fsp3) is 0.625. The molecule has 118 valence electrons. The molecule has 1 aliphatic rings. The Labute approximate surface area is 133 Å². The molecule has 0 amide bonds. The average molecular weight is 330 g/mol. The van der Waals surface area contributed by atoms with Gasteiger partial charge in [-0.2, -0.15) is 4.31 Å². The predicted octanol–water partition coefficient (Wildman–Crippen LogP) is 3.79. The van der Waals surface area contributed by atoms with Gasteiger partial charge in [-0.3, -0.25) is 0 Å². The number of rotatable bonds is 3. The van der Waals surface area contributed by atoms with E-state index in [1.807, 2.05) is 26.0 Å². The Hall–Kier alpha value is -0.580. The van der Waals surface area contributed by atoms with Crippen LogP contribution in [0.3, 0.4) is 0 Å². The first-order valence-electron chi connectivity index (χ1n) is 7.44. The molecule has 0 bridgehead atoms. The minimum atomic E-state index is -3.47. The van der Waals surface area contributed by atoms with Crippen LogP contribution in [0.1, 0.15) is 38.3 Å². The van der Waals surface area contributed by atoms with Gasteiger partial charge in [0.15, 0.2) is 0 Å². The predicted molar refractivity (Wildman–Crippen MR) is 87.0 cm³/mol. The van der Waals surface area contributed by atoms with Gasteiger partial charge in [0.1, 0.15) is 0 Å². The van der Waals surface area contributed by atoms with Gasteiger partial charge in [0, 0.05) is 18.5 Å². The molecular formula is C16H24ClNO2S. The lowest BCUT2D eigenvalue weighted by atomic mass is 9.88. The summed E-state index contributed by atoms with van der Waals surface area (Å²) in [5.41, 5.74) is 1.62. The van der Waals surface area contributed by atoms with E-state index < -0.39 is 10.0 Å². The minimum absolute atomic E-state index is 0.0326. The fourth-order valence-electron chi connectivity index (χ4n) is 3.11. The quantitative estimate of drug-likeness (QED) is 0.791. The largest absolute Gasteiger partial charge is 0.243 e. The second kappa shape index (κ2) is 6.27. The Morgan fingerprint density at radius 3 is 2.57 bits per heavy atom. The van der Waals surface area contributed by atoms with Crippen molar-refractivity contribution in [1.82, 2.24) is 4.31 Å². The van der Waals surface area contributed by atoms with E-state index in [1.165, 1.54) is 0 Å². The van der Waals surface area contributed by atoms with Gasteiger partial charge in [0.05, 0.1) is 4.90 Å². The summed E-state index contributed by atoms with van der Waals surface area (Å²) in [6.45, 7) is 8.69. The molecule has 1 aliphatic heterocycles. The summed E-state index contributed by atoms with van der Waals surface area (Å²) in [6.07, 6.45) is 1.08. The van der Waals surface area contributed by atoms with Gasteiger partial charge in [0.2, 0.25) is 10.0 Å². The van der Waals surface area contributed by atoms with Crippen LogP contribution in [0, 0.1) is 18.8 Å². The van der Waals surface area contributed by atoms with E-state index in [0.29, 0.717) is 29.2 Å². The van der Waals surface area contributed by atoms with Crippen molar-refractivity contribution in [1.29, 1.82) is 0 Å². The molecule has 21 heavy (non-hydrogen) atoms. The van der Waals surface area contributed by atoms with Crippen LogP contribution in [0.5, 0.6) is 0 Å². The Kier molecular flexibility index (Phi) is 5.01. The number of nitrogens with zero attached hydrogens (tertiary/aromatic N) is 1. The summed E-state index contributed by atoms with van der Waals surface area (Å²) in [7, 11) is -3.47. The maximum absolute atomic E-state index is 13.1. The maximum Gasteiger partial charge on any atom is 0.243 e. The van der Waals surface area contributed by atoms with Crippen molar-refractivity contribution in [3.8, 4) is 0 Å². The number of aryl methyl sites for hydroxylation is 1. The summed E-state index contributed by atoms with van der Waals surface area (Å²) < 4.78 is 27.8. The highest BCUT2D eigenvalue weighted by molar-refractivity contribution is 7.89. The van der Waals surface area contributed by atoms with E-state index in [1.54, 1.807) is 10.4 Å². The Bertz CT molecular complexity index is 615. The van der Waals surface area contributed by atoms with Crippen LogP contribution >= 0.6 is 11.6 Å². The normalized spacial score (nSPS) is 27.8. The molecule has 0 radical (unpaired) electrons. The molecule has 3 unspecified atom stereocenters. The third-order valence-electron chi connectivity index (χ3n) is 4.54. The molecule has 0 aromatic heterocycles. The molecular weight excluding hydrogens is 306 g/mol. The Morgan fingerprint density at radius 2 is 1.95 bits per heavy atom. The zero-order chi connectivity index (χ0) is 15.8. The second-order valence-electron chi connectivity index (χ2n) is 6.37. The highest BCUT2D eigenvalue weighted by Gasteiger charge is 2.37. The number of alkyl halides is 1. The van der Waals surface area contributed by atoms with Crippen LogP contribution in [0.15, 0.2) is 23.1 Å². The summed E-state index contributed by atoms with van der Waals surface area (Å²) in [5.74, 6) is 1.09. The van der Waals surface area contributed by atoms with Gasteiger partial charge in [-0.15, -0.1) is 11.6 Å². The van der Waals surface area contributed by atoms with Gasteiger partial charge in [-0.05, 0) is 49.3 Å². The number of hydrogen-bond acceptors (Lipinski definition) is 2. The van der Waals surface area contributed by atoms with Crippen LogP contribution in [0.25, 0.3) is 0 Å². The van der Waals surface area contributed by atoms with Gasteiger partial charge in [-0.1, -0.05) is 26.0 Å². The van der Waals surface area contributed by atoms with Gasteiger partial charge in [-0.25, -0.2) is 8.42 Å². The SMILES string of the molecule is Cc1ccc(CCl)cc1S(=O)(=O)N1CC(C)CC(C)C1C. The van der Waals surface area contributed by atoms with Crippen LogP contribution in [0.4, 0.5) is 0 Å². The first-order chi connectivity index (χ1) is 9.77. The van der Waals surface area contributed by atoms with E-state index in [2.05, 4.69) is 13.8 Å². The van der Waals surface area contributed by atoms with Gasteiger partial charge in [0.25, 0.3) is 0 Å². The van der Waals surface area contributed by atoms with E-state index in [4.69, 9.17) is 11.6 Å². The molecule has 2 rings (SSSR count). The van der Waals surface area contributed by atoms with E-state index in [9.17, 15) is 8.42 Å². The summed E-state index contributed by atoms with van der Waals surface area (Å²) in [5, 5.41) is 0. The Morgan fingerprint density at radius 1 is 1.29 bits per heavy atom. The fourth-order valence-corrected chi connectivity index (χ4v) is 5.40. The highest BCUT2D eigenvalue weighted by Crippen LogP contribution is 2.32. The zero-order valence-electron chi connectivity index (χ0n) is 13.1. The van der Waals surface area contributed by atoms with Crippen molar-refractivity contribution >= 4 is 21.6 Å². The van der Waals surface area contributed by atoms with E-state index in [-0.39, 0.29) is 6.04 Å². The molecule has 3 nitrogen and oxygen atoms in total. The molecule has 1 saturated heterocycles. The summed E-state index contributed by atoms with van der Waals surface area (Å²) in [6, 6.07) is 5.47. The van der Waals surface area contributed by atoms with Crippen LogP contribution < -0.4 is 0 Å². The van der Waals surface area contributed by atoms with Crippen molar-refractivity contribution in [2.24, 2.45) is 11.8 Å². The van der Waals surface area contributed by atoms with Gasteiger partial charge >= 0.3 is 0 Å². The lowest BCUT2D eigenvalue weighted by molar-refractivity contribution is 0.157. The van der Waals surface area contributed by atoms with E-state index in [0.717, 1.165) is 17.5 Å². The maximum atomic E-state index is 13.1. The van der Waals surface area contributed by atoms with Crippen molar-refractivity contribution in [2.75, 3.05) is 6.54 Å². The lowest BCUT2D eigenvalue weighted by Gasteiger charge is -2.40. The van der Waals surface area contributed by atoms with Crippen LogP contribution in [0.2, 0.25) is 0 Å². The molecule has 0 saturated carbocycles. The zero-order valence-corrected chi connectivity index (χ0v) is 14.7. The first kappa shape index (κ1) is 16.8. The first-order valence-corrected chi connectivity index (χ1v) is 9.42. The highest BCUT2D eigenvalue weighted by atomic mass is 35.5. The molecule has 1 heterocycles. The monoisotopic (exact) mass is 329 g/mol. The molecule has 0 spiro atoms. The van der Waals surface area contributed by atoms with E-state index >= 15 is 0 Å². The molecule has 5 heteroatoms. The lowest BCUT2D eigenvalue weighted by Crippen LogP contribution is -2.48. The second-order valence-corrected chi connectivity index (χ2v) is 8.49.